The first kappa shape index (κ1) is 14.3. The van der Waals surface area contributed by atoms with E-state index in [-0.39, 0.29) is 0 Å². The van der Waals surface area contributed by atoms with Crippen LogP contribution in [0.5, 0.6) is 0 Å². The highest BCUT2D eigenvalue weighted by molar-refractivity contribution is 5.02. The molecule has 2 rings (SSSR count). The summed E-state index contributed by atoms with van der Waals surface area (Å²) in [5, 5.41) is 3.84. The average Bonchev–Trinajstić information content (AvgIpc) is 2.71. The van der Waals surface area contributed by atoms with Crippen LogP contribution in [-0.2, 0) is 0 Å². The largest absolute Gasteiger partial charge is 0.311 e. The number of hydrogen-bond donors (Lipinski definition) is 1. The molecular formula is C16H32N2. The Labute approximate surface area is 114 Å². The van der Waals surface area contributed by atoms with Crippen molar-refractivity contribution in [1.82, 2.24) is 10.2 Å². The Hall–Kier alpha value is -0.0800. The van der Waals surface area contributed by atoms with Crippen molar-refractivity contribution in [3.8, 4) is 0 Å². The maximum Gasteiger partial charge on any atom is 0.0334 e. The SMILES string of the molecule is CC(C)CC1CN(CC(C)C)C2(CCCC2)CN1. The Morgan fingerprint density at radius 2 is 1.78 bits per heavy atom. The van der Waals surface area contributed by atoms with Gasteiger partial charge in [-0.3, -0.25) is 4.90 Å². The second kappa shape index (κ2) is 5.92. The molecule has 1 aliphatic carbocycles. The van der Waals surface area contributed by atoms with E-state index in [9.17, 15) is 0 Å². The molecule has 0 aromatic heterocycles. The van der Waals surface area contributed by atoms with E-state index in [1.807, 2.05) is 0 Å². The van der Waals surface area contributed by atoms with Gasteiger partial charge in [-0.05, 0) is 31.1 Å². The predicted octanol–water partition coefficient (Wildman–Crippen LogP) is 3.28. The Morgan fingerprint density at radius 1 is 1.11 bits per heavy atom. The molecule has 0 aromatic rings. The van der Waals surface area contributed by atoms with Gasteiger partial charge in [0.1, 0.15) is 0 Å². The maximum absolute atomic E-state index is 3.84. The summed E-state index contributed by atoms with van der Waals surface area (Å²) in [5.74, 6) is 1.60. The van der Waals surface area contributed by atoms with Gasteiger partial charge in [0.15, 0.2) is 0 Å². The minimum Gasteiger partial charge on any atom is -0.311 e. The Balaban J connectivity index is 2.01. The summed E-state index contributed by atoms with van der Waals surface area (Å²) in [6.07, 6.45) is 7.03. The highest BCUT2D eigenvalue weighted by Crippen LogP contribution is 2.37. The summed E-state index contributed by atoms with van der Waals surface area (Å²) in [4.78, 5) is 2.84. The first-order chi connectivity index (χ1) is 8.52. The molecule has 1 atom stereocenters. The lowest BCUT2D eigenvalue weighted by molar-refractivity contribution is 0.0291. The third kappa shape index (κ3) is 3.27. The molecule has 1 N–H and O–H groups in total. The zero-order valence-electron chi connectivity index (χ0n) is 12.8. The molecule has 0 aromatic carbocycles. The molecule has 1 unspecified atom stereocenters. The highest BCUT2D eigenvalue weighted by atomic mass is 15.3. The van der Waals surface area contributed by atoms with E-state index in [4.69, 9.17) is 0 Å². The van der Waals surface area contributed by atoms with Crippen LogP contribution in [0, 0.1) is 11.8 Å². The predicted molar refractivity (Wildman–Crippen MR) is 78.9 cm³/mol. The lowest BCUT2D eigenvalue weighted by Crippen LogP contribution is -2.64. The van der Waals surface area contributed by atoms with Gasteiger partial charge in [-0.1, -0.05) is 40.5 Å². The molecule has 0 amide bonds. The molecule has 0 bridgehead atoms. The molecule has 1 heterocycles. The van der Waals surface area contributed by atoms with E-state index >= 15 is 0 Å². The zero-order valence-corrected chi connectivity index (χ0v) is 12.8. The highest BCUT2D eigenvalue weighted by Gasteiger charge is 2.43. The van der Waals surface area contributed by atoms with E-state index in [1.165, 1.54) is 51.7 Å². The van der Waals surface area contributed by atoms with Crippen molar-refractivity contribution in [3.63, 3.8) is 0 Å². The fraction of sp³-hybridized carbons (Fsp3) is 1.00. The second-order valence-corrected chi connectivity index (χ2v) is 7.44. The zero-order chi connectivity index (χ0) is 13.2. The number of nitrogens with one attached hydrogen (secondary N) is 1. The molecule has 2 fully saturated rings. The molecule has 18 heavy (non-hydrogen) atoms. The van der Waals surface area contributed by atoms with Crippen LogP contribution in [0.15, 0.2) is 0 Å². The van der Waals surface area contributed by atoms with Crippen LogP contribution in [0.4, 0.5) is 0 Å². The van der Waals surface area contributed by atoms with E-state index in [0.29, 0.717) is 5.54 Å². The third-order valence-corrected chi connectivity index (χ3v) is 4.71. The van der Waals surface area contributed by atoms with Gasteiger partial charge < -0.3 is 5.32 Å². The lowest BCUT2D eigenvalue weighted by Gasteiger charge is -2.49. The van der Waals surface area contributed by atoms with Crippen LogP contribution in [-0.4, -0.2) is 36.1 Å². The number of nitrogens with zero attached hydrogens (tertiary/aromatic N) is 1. The molecule has 1 spiro atoms. The standard InChI is InChI=1S/C16H32N2/c1-13(2)9-15-11-18(10-14(3)4)16(12-17-15)7-5-6-8-16/h13-15,17H,5-12H2,1-4H3. The van der Waals surface area contributed by atoms with Crippen LogP contribution in [0.1, 0.15) is 59.8 Å². The summed E-state index contributed by atoms with van der Waals surface area (Å²) >= 11 is 0. The minimum absolute atomic E-state index is 0.512. The molecule has 1 saturated heterocycles. The van der Waals surface area contributed by atoms with Crippen LogP contribution in [0.25, 0.3) is 0 Å². The van der Waals surface area contributed by atoms with Gasteiger partial charge >= 0.3 is 0 Å². The summed E-state index contributed by atoms with van der Waals surface area (Å²) in [5.41, 5.74) is 0.512. The number of piperazine rings is 1. The lowest BCUT2D eigenvalue weighted by atomic mass is 9.88. The topological polar surface area (TPSA) is 15.3 Å². The molecule has 2 heteroatoms. The summed E-state index contributed by atoms with van der Waals surface area (Å²) in [6, 6.07) is 0.718. The van der Waals surface area contributed by atoms with Gasteiger partial charge in [-0.15, -0.1) is 0 Å². The fourth-order valence-corrected chi connectivity index (χ4v) is 3.93. The fourth-order valence-electron chi connectivity index (χ4n) is 3.93. The van der Waals surface area contributed by atoms with Gasteiger partial charge in [0.25, 0.3) is 0 Å². The first-order valence-corrected chi connectivity index (χ1v) is 8.00. The third-order valence-electron chi connectivity index (χ3n) is 4.71. The Bertz CT molecular complexity index is 254. The van der Waals surface area contributed by atoms with Crippen LogP contribution in [0.3, 0.4) is 0 Å². The second-order valence-electron chi connectivity index (χ2n) is 7.44. The van der Waals surface area contributed by atoms with Gasteiger partial charge in [-0.2, -0.15) is 0 Å². The maximum atomic E-state index is 3.84. The van der Waals surface area contributed by atoms with Crippen LogP contribution >= 0.6 is 0 Å². The van der Waals surface area contributed by atoms with E-state index in [2.05, 4.69) is 37.9 Å². The van der Waals surface area contributed by atoms with E-state index in [1.54, 1.807) is 0 Å². The molecular weight excluding hydrogens is 220 g/mol. The molecule has 1 aliphatic heterocycles. The van der Waals surface area contributed by atoms with E-state index in [0.717, 1.165) is 17.9 Å². The summed E-state index contributed by atoms with van der Waals surface area (Å²) in [7, 11) is 0. The van der Waals surface area contributed by atoms with Crippen molar-refractivity contribution in [3.05, 3.63) is 0 Å². The Kier molecular flexibility index (Phi) is 4.71. The van der Waals surface area contributed by atoms with Crippen molar-refractivity contribution >= 4 is 0 Å². The molecule has 2 nitrogen and oxygen atoms in total. The normalized spacial score (nSPS) is 28.7. The quantitative estimate of drug-likeness (QED) is 0.826. The monoisotopic (exact) mass is 252 g/mol. The summed E-state index contributed by atoms with van der Waals surface area (Å²) in [6.45, 7) is 13.2. The van der Waals surface area contributed by atoms with E-state index < -0.39 is 0 Å². The molecule has 0 radical (unpaired) electrons. The van der Waals surface area contributed by atoms with Crippen molar-refractivity contribution in [1.29, 1.82) is 0 Å². The summed E-state index contributed by atoms with van der Waals surface area (Å²) < 4.78 is 0. The van der Waals surface area contributed by atoms with Gasteiger partial charge in [0.05, 0.1) is 0 Å². The van der Waals surface area contributed by atoms with Gasteiger partial charge in [0, 0.05) is 31.2 Å². The molecule has 1 saturated carbocycles. The van der Waals surface area contributed by atoms with Gasteiger partial charge in [-0.25, -0.2) is 0 Å². The van der Waals surface area contributed by atoms with Crippen LogP contribution < -0.4 is 5.32 Å². The van der Waals surface area contributed by atoms with Crippen molar-refractivity contribution in [2.45, 2.75) is 71.4 Å². The first-order valence-electron chi connectivity index (χ1n) is 8.00. The van der Waals surface area contributed by atoms with Gasteiger partial charge in [0.2, 0.25) is 0 Å². The van der Waals surface area contributed by atoms with Crippen molar-refractivity contribution < 1.29 is 0 Å². The number of hydrogen-bond acceptors (Lipinski definition) is 2. The molecule has 106 valence electrons. The van der Waals surface area contributed by atoms with Crippen LogP contribution in [0.2, 0.25) is 0 Å². The average molecular weight is 252 g/mol. The van der Waals surface area contributed by atoms with Crippen molar-refractivity contribution in [2.75, 3.05) is 19.6 Å². The number of rotatable bonds is 4. The Morgan fingerprint density at radius 3 is 2.33 bits per heavy atom. The minimum atomic E-state index is 0.512. The van der Waals surface area contributed by atoms with Crippen molar-refractivity contribution in [2.24, 2.45) is 11.8 Å². The smallest absolute Gasteiger partial charge is 0.0334 e. The molecule has 2 aliphatic rings.